The monoisotopic (exact) mass is 432 g/mol. The van der Waals surface area contributed by atoms with E-state index in [4.69, 9.17) is 0 Å². The molecule has 0 bridgehead atoms. The number of hydrogen-bond acceptors (Lipinski definition) is 4. The number of hydrogen-bond donors (Lipinski definition) is 1. The van der Waals surface area contributed by atoms with Gasteiger partial charge >= 0.3 is 0 Å². The topological polar surface area (TPSA) is 49.6 Å². The predicted molar refractivity (Wildman–Crippen MR) is 127 cm³/mol. The number of ketones is 1. The van der Waals surface area contributed by atoms with E-state index in [1.54, 1.807) is 16.7 Å². The molecule has 1 saturated carbocycles. The Balaban J connectivity index is 1.52. The van der Waals surface area contributed by atoms with Gasteiger partial charge in [-0.3, -0.25) is 4.79 Å². The van der Waals surface area contributed by atoms with Gasteiger partial charge in [-0.2, -0.15) is 0 Å². The number of pyridine rings is 1. The third kappa shape index (κ3) is 4.07. The Labute approximate surface area is 188 Å². The highest BCUT2D eigenvalue weighted by molar-refractivity contribution is 6.24. The van der Waals surface area contributed by atoms with Crippen LogP contribution in [0.15, 0.2) is 36.7 Å². The van der Waals surface area contributed by atoms with Crippen molar-refractivity contribution in [3.63, 3.8) is 0 Å². The number of rotatable bonds is 6. The number of nitrogens with zero attached hydrogens (tertiary/aromatic N) is 3. The Kier molecular flexibility index (Phi) is 5.55. The van der Waals surface area contributed by atoms with Gasteiger partial charge in [0.2, 0.25) is 0 Å². The molecule has 2 fully saturated rings. The van der Waals surface area contributed by atoms with Crippen LogP contribution in [0.3, 0.4) is 0 Å². The number of benzene rings is 1. The number of nitrogens with one attached hydrogen (secondary N) is 1. The van der Waals surface area contributed by atoms with Crippen LogP contribution in [0.2, 0.25) is 0 Å². The lowest BCUT2D eigenvalue weighted by Crippen LogP contribution is -2.43. The summed E-state index contributed by atoms with van der Waals surface area (Å²) >= 11 is 0. The molecule has 1 N–H and O–H groups in total. The first-order valence-electron chi connectivity index (χ1n) is 11.5. The molecule has 1 aliphatic carbocycles. The number of imidazole rings is 1. The summed E-state index contributed by atoms with van der Waals surface area (Å²) in [6.45, 7) is 7.87. The maximum absolute atomic E-state index is 14.7. The van der Waals surface area contributed by atoms with Gasteiger partial charge in [-0.05, 0) is 66.6 Å². The lowest BCUT2D eigenvalue weighted by Gasteiger charge is -2.29. The molecule has 0 atom stereocenters. The van der Waals surface area contributed by atoms with E-state index in [1.807, 2.05) is 19.2 Å². The number of aromatic nitrogens is 2. The Morgan fingerprint density at radius 3 is 2.69 bits per heavy atom. The average molecular weight is 433 g/mol. The Bertz CT molecular complexity index is 1200. The van der Waals surface area contributed by atoms with Crippen LogP contribution in [0.1, 0.15) is 54.5 Å². The molecule has 0 radical (unpaired) electrons. The van der Waals surface area contributed by atoms with Crippen LogP contribution in [-0.2, 0) is 4.79 Å². The smallest absolute Gasteiger partial charge is 0.173 e. The molecule has 2 aliphatic rings. The number of piperazine rings is 1. The van der Waals surface area contributed by atoms with E-state index >= 15 is 0 Å². The highest BCUT2D eigenvalue weighted by Crippen LogP contribution is 2.40. The van der Waals surface area contributed by atoms with Gasteiger partial charge in [-0.25, -0.2) is 9.37 Å². The van der Waals surface area contributed by atoms with Crippen molar-refractivity contribution in [1.29, 1.82) is 0 Å². The van der Waals surface area contributed by atoms with Crippen molar-refractivity contribution in [3.05, 3.63) is 64.9 Å². The number of aryl methyl sites for hydroxylation is 1. The van der Waals surface area contributed by atoms with Crippen LogP contribution in [0.5, 0.6) is 0 Å². The van der Waals surface area contributed by atoms with Gasteiger partial charge < -0.3 is 14.6 Å². The summed E-state index contributed by atoms with van der Waals surface area (Å²) < 4.78 is 16.4. The summed E-state index contributed by atoms with van der Waals surface area (Å²) in [7, 11) is 0. The second-order valence-electron chi connectivity index (χ2n) is 8.87. The molecule has 3 aromatic rings. The molecule has 1 aromatic carbocycles. The van der Waals surface area contributed by atoms with Gasteiger partial charge in [0.25, 0.3) is 0 Å². The van der Waals surface area contributed by atoms with Crippen LogP contribution in [0.25, 0.3) is 17.3 Å². The van der Waals surface area contributed by atoms with Gasteiger partial charge in [0, 0.05) is 56.3 Å². The molecule has 5 nitrogen and oxygen atoms in total. The first-order valence-corrected chi connectivity index (χ1v) is 11.5. The molecule has 0 unspecified atom stereocenters. The molecule has 32 heavy (non-hydrogen) atoms. The van der Waals surface area contributed by atoms with E-state index in [0.717, 1.165) is 55.7 Å². The zero-order chi connectivity index (χ0) is 22.2. The number of halogens is 1. The largest absolute Gasteiger partial charge is 0.369 e. The summed E-state index contributed by atoms with van der Waals surface area (Å²) in [5, 5.41) is 3.38. The molecule has 5 rings (SSSR count). The van der Waals surface area contributed by atoms with E-state index in [-0.39, 0.29) is 17.2 Å². The standard InChI is InChI=1S/C26H29FN4O/c1-3-25(32)22(13-19-6-7-21(12-17(19)2)30-10-8-28-9-11-30)24-16-31-15-20(18-4-5-18)14-23(27)26(31)29-24/h6-7,12-16,18,28H,3-5,8-11H2,1-2H3/b22-13-. The molecule has 2 aromatic heterocycles. The normalized spacial score (nSPS) is 17.2. The third-order valence-electron chi connectivity index (χ3n) is 6.51. The van der Waals surface area contributed by atoms with Crippen molar-refractivity contribution in [1.82, 2.24) is 14.7 Å². The fraction of sp³-hybridized carbons (Fsp3) is 0.385. The van der Waals surface area contributed by atoms with Crippen LogP contribution < -0.4 is 10.2 Å². The number of fused-ring (bicyclic) bond motifs is 1. The van der Waals surface area contributed by atoms with Gasteiger partial charge in [0.1, 0.15) is 0 Å². The maximum atomic E-state index is 14.7. The summed E-state index contributed by atoms with van der Waals surface area (Å²) in [5.74, 6) is 0.117. The highest BCUT2D eigenvalue weighted by Gasteiger charge is 2.25. The maximum Gasteiger partial charge on any atom is 0.173 e. The van der Waals surface area contributed by atoms with Crippen LogP contribution in [0, 0.1) is 12.7 Å². The third-order valence-corrected chi connectivity index (χ3v) is 6.51. The zero-order valence-electron chi connectivity index (χ0n) is 18.7. The Morgan fingerprint density at radius 1 is 1.22 bits per heavy atom. The summed E-state index contributed by atoms with van der Waals surface area (Å²) in [5.41, 5.74) is 5.61. The highest BCUT2D eigenvalue weighted by atomic mass is 19.1. The van der Waals surface area contributed by atoms with Crippen LogP contribution in [0.4, 0.5) is 10.1 Å². The van der Waals surface area contributed by atoms with Crippen LogP contribution in [-0.4, -0.2) is 41.3 Å². The fourth-order valence-electron chi connectivity index (χ4n) is 4.43. The number of Topliss-reactive ketones (excluding diaryl/α,β-unsaturated/α-hetero) is 1. The van der Waals surface area contributed by atoms with Crippen LogP contribution >= 0.6 is 0 Å². The number of anilines is 1. The zero-order valence-corrected chi connectivity index (χ0v) is 18.7. The Hall–Kier alpha value is -2.99. The number of allylic oxidation sites excluding steroid dienone is 1. The minimum absolute atomic E-state index is 0.00168. The van der Waals surface area contributed by atoms with Crippen molar-refractivity contribution in [2.45, 2.75) is 39.0 Å². The first kappa shape index (κ1) is 20.9. The molecular weight excluding hydrogens is 403 g/mol. The van der Waals surface area contributed by atoms with Gasteiger partial charge in [-0.15, -0.1) is 0 Å². The fourth-order valence-corrected chi connectivity index (χ4v) is 4.43. The number of carbonyl (C=O) groups excluding carboxylic acids is 1. The van der Waals surface area contributed by atoms with Crippen molar-refractivity contribution in [2.75, 3.05) is 31.1 Å². The van der Waals surface area contributed by atoms with Crippen molar-refractivity contribution >= 4 is 28.8 Å². The van der Waals surface area contributed by atoms with E-state index in [9.17, 15) is 9.18 Å². The molecule has 1 aliphatic heterocycles. The second kappa shape index (κ2) is 8.51. The minimum Gasteiger partial charge on any atom is -0.369 e. The van der Waals surface area contributed by atoms with E-state index in [1.165, 1.54) is 5.69 Å². The molecule has 6 heteroatoms. The molecule has 0 spiro atoms. The summed E-state index contributed by atoms with van der Waals surface area (Å²) in [6, 6.07) is 7.95. The first-order chi connectivity index (χ1) is 15.5. The van der Waals surface area contributed by atoms with E-state index in [0.29, 0.717) is 23.6 Å². The Morgan fingerprint density at radius 2 is 2.00 bits per heavy atom. The van der Waals surface area contributed by atoms with Gasteiger partial charge in [-0.1, -0.05) is 13.0 Å². The molecule has 1 saturated heterocycles. The molecule has 3 heterocycles. The number of carbonyl (C=O) groups is 1. The summed E-state index contributed by atoms with van der Waals surface area (Å²) in [4.78, 5) is 19.7. The van der Waals surface area contributed by atoms with E-state index < -0.39 is 0 Å². The minimum atomic E-state index is -0.333. The SMILES string of the molecule is CCC(=O)/C(=C\c1ccc(N2CCNCC2)cc1C)c1cn2cc(C3CC3)cc(F)c2n1. The van der Waals surface area contributed by atoms with Gasteiger partial charge in [0.05, 0.1) is 5.69 Å². The van der Waals surface area contributed by atoms with Gasteiger partial charge in [0.15, 0.2) is 17.2 Å². The average Bonchev–Trinajstić information content (AvgIpc) is 3.57. The van der Waals surface area contributed by atoms with E-state index in [2.05, 4.69) is 40.3 Å². The molecular formula is C26H29FN4O. The van der Waals surface area contributed by atoms with Crippen molar-refractivity contribution in [3.8, 4) is 0 Å². The lowest BCUT2D eigenvalue weighted by atomic mass is 9.99. The van der Waals surface area contributed by atoms with Crippen molar-refractivity contribution in [2.24, 2.45) is 0 Å². The lowest BCUT2D eigenvalue weighted by molar-refractivity contribution is -0.113. The quantitative estimate of drug-likeness (QED) is 0.579. The second-order valence-corrected chi connectivity index (χ2v) is 8.87. The predicted octanol–water partition coefficient (Wildman–Crippen LogP) is 4.59. The molecule has 0 amide bonds. The van der Waals surface area contributed by atoms with Crippen molar-refractivity contribution < 1.29 is 9.18 Å². The molecule has 166 valence electrons. The summed E-state index contributed by atoms with van der Waals surface area (Å²) in [6.07, 6.45) is 8.23.